The predicted octanol–water partition coefficient (Wildman–Crippen LogP) is 3.06. The molecule has 1 unspecified atom stereocenters. The number of aryl methyl sites for hydroxylation is 1. The molecule has 1 heterocycles. The number of halogens is 2. The van der Waals surface area contributed by atoms with Gasteiger partial charge < -0.3 is 20.3 Å². The number of amides is 1. The van der Waals surface area contributed by atoms with Crippen molar-refractivity contribution in [2.75, 3.05) is 11.1 Å². The van der Waals surface area contributed by atoms with E-state index in [2.05, 4.69) is 15.0 Å². The highest BCUT2D eigenvalue weighted by Gasteiger charge is 2.25. The number of hydrogen-bond acceptors (Lipinski definition) is 6. The Kier molecular flexibility index (Phi) is 5.12. The Morgan fingerprint density at radius 2 is 2.09 bits per heavy atom. The normalized spacial score (nSPS) is 11.8. The number of nitrogen functional groups attached to an aromatic ring is 1. The summed E-state index contributed by atoms with van der Waals surface area (Å²) in [6.45, 7) is 2.94. The lowest BCUT2D eigenvalue weighted by Gasteiger charge is -2.14. The molecular formula is C14H13Cl2N3O4. The highest BCUT2D eigenvalue weighted by atomic mass is 35.5. The summed E-state index contributed by atoms with van der Waals surface area (Å²) in [7, 11) is 0. The molecule has 122 valence electrons. The first-order chi connectivity index (χ1) is 10.8. The van der Waals surface area contributed by atoms with Crippen LogP contribution in [0, 0.1) is 6.92 Å². The van der Waals surface area contributed by atoms with Crippen LogP contribution in [0.1, 0.15) is 23.0 Å². The van der Waals surface area contributed by atoms with Crippen LogP contribution in [0.25, 0.3) is 0 Å². The third kappa shape index (κ3) is 3.94. The van der Waals surface area contributed by atoms with Crippen molar-refractivity contribution in [3.05, 3.63) is 39.5 Å². The van der Waals surface area contributed by atoms with Crippen LogP contribution in [-0.2, 0) is 9.53 Å². The molecule has 2 rings (SSSR count). The van der Waals surface area contributed by atoms with E-state index in [1.807, 2.05) is 0 Å². The van der Waals surface area contributed by atoms with Crippen LogP contribution in [0.5, 0.6) is 0 Å². The van der Waals surface area contributed by atoms with Crippen molar-refractivity contribution in [2.24, 2.45) is 0 Å². The summed E-state index contributed by atoms with van der Waals surface area (Å²) in [6.07, 6.45) is -1.09. The lowest BCUT2D eigenvalue weighted by Crippen LogP contribution is -2.30. The molecule has 0 saturated carbocycles. The molecule has 23 heavy (non-hydrogen) atoms. The van der Waals surface area contributed by atoms with Crippen molar-refractivity contribution in [3.8, 4) is 0 Å². The average molecular weight is 358 g/mol. The van der Waals surface area contributed by atoms with Gasteiger partial charge in [0.05, 0.1) is 16.4 Å². The summed E-state index contributed by atoms with van der Waals surface area (Å²) < 4.78 is 9.73. The number of rotatable bonds is 4. The molecule has 0 aliphatic carbocycles. The minimum Gasteiger partial charge on any atom is -0.449 e. The number of anilines is 2. The quantitative estimate of drug-likeness (QED) is 0.814. The molecule has 0 radical (unpaired) electrons. The fourth-order valence-electron chi connectivity index (χ4n) is 1.74. The maximum Gasteiger partial charge on any atom is 0.346 e. The molecule has 0 fully saturated rings. The number of nitrogens with two attached hydrogens (primary N) is 1. The third-order valence-electron chi connectivity index (χ3n) is 2.93. The van der Waals surface area contributed by atoms with Crippen LogP contribution in [0.2, 0.25) is 10.0 Å². The fourth-order valence-corrected chi connectivity index (χ4v) is 2.07. The molecule has 0 bridgehead atoms. The van der Waals surface area contributed by atoms with Gasteiger partial charge >= 0.3 is 5.97 Å². The van der Waals surface area contributed by atoms with E-state index in [-0.39, 0.29) is 17.1 Å². The number of esters is 1. The maximum atomic E-state index is 12.1. The highest BCUT2D eigenvalue weighted by Crippen LogP contribution is 2.25. The Morgan fingerprint density at radius 1 is 1.39 bits per heavy atom. The van der Waals surface area contributed by atoms with Crippen molar-refractivity contribution < 1.29 is 18.8 Å². The van der Waals surface area contributed by atoms with E-state index in [4.69, 9.17) is 33.7 Å². The lowest BCUT2D eigenvalue weighted by atomic mass is 10.2. The van der Waals surface area contributed by atoms with Gasteiger partial charge in [-0.05, 0) is 32.0 Å². The zero-order valence-electron chi connectivity index (χ0n) is 12.2. The topological polar surface area (TPSA) is 107 Å². The van der Waals surface area contributed by atoms with E-state index in [1.54, 1.807) is 6.07 Å². The van der Waals surface area contributed by atoms with Crippen LogP contribution in [-0.4, -0.2) is 23.1 Å². The summed E-state index contributed by atoms with van der Waals surface area (Å²) in [4.78, 5) is 24.1. The second-order valence-electron chi connectivity index (χ2n) is 4.67. The van der Waals surface area contributed by atoms with E-state index < -0.39 is 18.0 Å². The van der Waals surface area contributed by atoms with E-state index in [0.29, 0.717) is 15.7 Å². The van der Waals surface area contributed by atoms with Crippen molar-refractivity contribution >= 4 is 46.6 Å². The smallest absolute Gasteiger partial charge is 0.346 e. The second-order valence-corrected chi connectivity index (χ2v) is 5.51. The number of nitrogens with one attached hydrogen (secondary N) is 1. The van der Waals surface area contributed by atoms with E-state index >= 15 is 0 Å². The van der Waals surface area contributed by atoms with Crippen molar-refractivity contribution in [1.82, 2.24) is 5.16 Å². The van der Waals surface area contributed by atoms with Gasteiger partial charge in [0.2, 0.25) is 5.88 Å². The van der Waals surface area contributed by atoms with Crippen molar-refractivity contribution in [2.45, 2.75) is 20.0 Å². The minimum absolute atomic E-state index is 0.00885. The minimum atomic E-state index is -1.09. The van der Waals surface area contributed by atoms with Gasteiger partial charge in [-0.1, -0.05) is 28.4 Å². The first-order valence-electron chi connectivity index (χ1n) is 6.48. The fraction of sp³-hybridized carbons (Fsp3) is 0.214. The number of carbonyl (C=O) groups excluding carboxylic acids is 2. The van der Waals surface area contributed by atoms with Crippen molar-refractivity contribution in [3.63, 3.8) is 0 Å². The number of benzene rings is 1. The summed E-state index contributed by atoms with van der Waals surface area (Å²) in [5.41, 5.74) is 6.07. The molecule has 3 N–H and O–H groups in total. The van der Waals surface area contributed by atoms with Gasteiger partial charge in [-0.25, -0.2) is 4.79 Å². The molecule has 2 aromatic rings. The molecule has 1 amide bonds. The largest absolute Gasteiger partial charge is 0.449 e. The van der Waals surface area contributed by atoms with Crippen LogP contribution in [0.4, 0.5) is 11.6 Å². The lowest BCUT2D eigenvalue weighted by molar-refractivity contribution is -0.123. The zero-order chi connectivity index (χ0) is 17.1. The molecule has 0 saturated heterocycles. The van der Waals surface area contributed by atoms with Gasteiger partial charge in [0.15, 0.2) is 6.10 Å². The second kappa shape index (κ2) is 6.89. The highest BCUT2D eigenvalue weighted by molar-refractivity contribution is 6.35. The molecule has 9 heteroatoms. The number of ether oxygens (including phenoxy) is 1. The van der Waals surface area contributed by atoms with Gasteiger partial charge in [0, 0.05) is 5.02 Å². The summed E-state index contributed by atoms with van der Waals surface area (Å²) >= 11 is 11.8. The SMILES string of the molecule is Cc1noc(N)c1C(=O)OC(C)C(=O)Nc1cc(Cl)ccc1Cl. The van der Waals surface area contributed by atoms with Crippen LogP contribution >= 0.6 is 23.2 Å². The summed E-state index contributed by atoms with van der Waals surface area (Å²) in [6, 6.07) is 4.61. The van der Waals surface area contributed by atoms with Gasteiger partial charge in [0.1, 0.15) is 5.56 Å². The van der Waals surface area contributed by atoms with Crippen LogP contribution < -0.4 is 11.1 Å². The first kappa shape index (κ1) is 17.1. The Bertz CT molecular complexity index is 741. The van der Waals surface area contributed by atoms with Gasteiger partial charge in [-0.2, -0.15) is 0 Å². The van der Waals surface area contributed by atoms with Crippen LogP contribution in [0.3, 0.4) is 0 Å². The van der Waals surface area contributed by atoms with Gasteiger partial charge in [-0.3, -0.25) is 4.79 Å². The monoisotopic (exact) mass is 357 g/mol. The number of nitrogens with zero attached hydrogens (tertiary/aromatic N) is 1. The summed E-state index contributed by atoms with van der Waals surface area (Å²) in [5, 5.41) is 6.78. The molecule has 1 aromatic carbocycles. The van der Waals surface area contributed by atoms with Crippen molar-refractivity contribution in [1.29, 1.82) is 0 Å². The molecule has 1 aromatic heterocycles. The van der Waals surface area contributed by atoms with Crippen LogP contribution in [0.15, 0.2) is 22.7 Å². The Labute approximate surface area is 141 Å². The Morgan fingerprint density at radius 3 is 2.70 bits per heavy atom. The predicted molar refractivity (Wildman–Crippen MR) is 85.6 cm³/mol. The van der Waals surface area contributed by atoms with E-state index in [9.17, 15) is 9.59 Å². The van der Waals surface area contributed by atoms with Gasteiger partial charge in [0.25, 0.3) is 5.91 Å². The van der Waals surface area contributed by atoms with Gasteiger partial charge in [-0.15, -0.1) is 0 Å². The average Bonchev–Trinajstić information content (AvgIpc) is 2.81. The molecule has 0 aliphatic heterocycles. The third-order valence-corrected chi connectivity index (χ3v) is 3.50. The number of hydrogen-bond donors (Lipinski definition) is 2. The van der Waals surface area contributed by atoms with E-state index in [0.717, 1.165) is 0 Å². The Balaban J connectivity index is 2.05. The first-order valence-corrected chi connectivity index (χ1v) is 7.24. The van der Waals surface area contributed by atoms with E-state index in [1.165, 1.54) is 26.0 Å². The summed E-state index contributed by atoms with van der Waals surface area (Å²) in [5.74, 6) is -1.55. The molecule has 0 spiro atoms. The molecule has 0 aliphatic rings. The molecule has 7 nitrogen and oxygen atoms in total. The Hall–Kier alpha value is -2.25. The maximum absolute atomic E-state index is 12.1. The number of aromatic nitrogens is 1. The zero-order valence-corrected chi connectivity index (χ0v) is 13.7. The number of carbonyl (C=O) groups is 2. The molecular weight excluding hydrogens is 345 g/mol. The standard InChI is InChI=1S/C14H13Cl2N3O4/c1-6-11(12(17)23-19-6)14(21)22-7(2)13(20)18-10-5-8(15)3-4-9(10)16/h3-5,7H,17H2,1-2H3,(H,18,20). The molecule has 1 atom stereocenters.